The normalized spacial score (nSPS) is 16.9. The van der Waals surface area contributed by atoms with E-state index in [2.05, 4.69) is 15.6 Å². The van der Waals surface area contributed by atoms with Gasteiger partial charge in [-0.3, -0.25) is 14.5 Å². The van der Waals surface area contributed by atoms with Gasteiger partial charge in [0.05, 0.1) is 18.5 Å². The van der Waals surface area contributed by atoms with Crippen LogP contribution in [0.2, 0.25) is 0 Å². The van der Waals surface area contributed by atoms with Crippen molar-refractivity contribution in [2.75, 3.05) is 48.3 Å². The predicted molar refractivity (Wildman–Crippen MR) is 105 cm³/mol. The highest BCUT2D eigenvalue weighted by molar-refractivity contribution is 6.00. The Morgan fingerprint density at radius 1 is 1.13 bits per heavy atom. The second-order valence-electron chi connectivity index (χ2n) is 7.31. The number of alkyl halides is 3. The van der Waals surface area contributed by atoms with E-state index in [-0.39, 0.29) is 18.4 Å². The molecule has 30 heavy (non-hydrogen) atoms. The smallest absolute Gasteiger partial charge is 0.354 e. The molecular weight excluding hydrogens is 399 g/mol. The third kappa shape index (κ3) is 4.54. The number of rotatable bonds is 4. The predicted octanol–water partition coefficient (Wildman–Crippen LogP) is 2.36. The fourth-order valence-electron chi connectivity index (χ4n) is 3.59. The van der Waals surface area contributed by atoms with Crippen molar-refractivity contribution >= 4 is 29.0 Å². The average molecular weight is 419 g/mol. The molecule has 0 aliphatic carbocycles. The zero-order valence-electron chi connectivity index (χ0n) is 16.0. The Morgan fingerprint density at radius 2 is 1.90 bits per heavy atom. The second kappa shape index (κ2) is 7.94. The largest absolute Gasteiger partial charge is 0.417 e. The van der Waals surface area contributed by atoms with E-state index in [1.165, 1.54) is 6.07 Å². The molecule has 0 unspecified atom stereocenters. The SMILES string of the molecule is O=C(CN1CCN(c2ccc(C(F)(F)F)cn2)CC1)Nc1ccc2c(c1)CC(=O)N2. The fraction of sp³-hybridized carbons (Fsp3) is 0.350. The molecule has 2 aliphatic heterocycles. The lowest BCUT2D eigenvalue weighted by Crippen LogP contribution is -2.48. The van der Waals surface area contributed by atoms with Crippen molar-refractivity contribution in [1.29, 1.82) is 0 Å². The molecule has 1 aromatic carbocycles. The van der Waals surface area contributed by atoms with Crippen LogP contribution in [0.5, 0.6) is 0 Å². The molecular formula is C20H20F3N5O2. The van der Waals surface area contributed by atoms with Crippen molar-refractivity contribution in [3.05, 3.63) is 47.7 Å². The quantitative estimate of drug-likeness (QED) is 0.796. The summed E-state index contributed by atoms with van der Waals surface area (Å²) in [6.45, 7) is 2.54. The molecule has 158 valence electrons. The maximum absolute atomic E-state index is 12.7. The third-order valence-electron chi connectivity index (χ3n) is 5.15. The van der Waals surface area contributed by atoms with Gasteiger partial charge in [0.25, 0.3) is 0 Å². The summed E-state index contributed by atoms with van der Waals surface area (Å²) in [6.07, 6.45) is -3.25. The molecule has 2 aromatic rings. The van der Waals surface area contributed by atoms with E-state index in [9.17, 15) is 22.8 Å². The van der Waals surface area contributed by atoms with E-state index in [0.717, 1.165) is 23.5 Å². The van der Waals surface area contributed by atoms with E-state index in [1.54, 1.807) is 18.2 Å². The molecule has 1 aromatic heterocycles. The number of fused-ring (bicyclic) bond motifs is 1. The van der Waals surface area contributed by atoms with Crippen molar-refractivity contribution in [1.82, 2.24) is 9.88 Å². The number of piperazine rings is 1. The Kier molecular flexibility index (Phi) is 5.33. The number of aromatic nitrogens is 1. The Hall–Kier alpha value is -3.14. The first-order valence-corrected chi connectivity index (χ1v) is 9.51. The zero-order chi connectivity index (χ0) is 21.3. The Balaban J connectivity index is 1.27. The highest BCUT2D eigenvalue weighted by Crippen LogP contribution is 2.29. The molecule has 0 saturated carbocycles. The van der Waals surface area contributed by atoms with Gasteiger partial charge < -0.3 is 15.5 Å². The van der Waals surface area contributed by atoms with Crippen molar-refractivity contribution < 1.29 is 22.8 Å². The van der Waals surface area contributed by atoms with Crippen molar-refractivity contribution in [3.8, 4) is 0 Å². The molecule has 2 amide bonds. The van der Waals surface area contributed by atoms with Crippen LogP contribution in [0.15, 0.2) is 36.5 Å². The number of amides is 2. The molecule has 0 radical (unpaired) electrons. The summed E-state index contributed by atoms with van der Waals surface area (Å²) in [5, 5.41) is 5.59. The van der Waals surface area contributed by atoms with Crippen LogP contribution in [0.25, 0.3) is 0 Å². The number of hydrogen-bond donors (Lipinski definition) is 2. The minimum atomic E-state index is -4.40. The molecule has 7 nitrogen and oxygen atoms in total. The molecule has 1 saturated heterocycles. The Morgan fingerprint density at radius 3 is 2.57 bits per heavy atom. The lowest BCUT2D eigenvalue weighted by molar-refractivity contribution is -0.137. The van der Waals surface area contributed by atoms with Crippen LogP contribution in [-0.2, 0) is 22.2 Å². The highest BCUT2D eigenvalue weighted by Gasteiger charge is 2.31. The van der Waals surface area contributed by atoms with E-state index in [0.29, 0.717) is 44.1 Å². The number of nitrogens with one attached hydrogen (secondary N) is 2. The standard InChI is InChI=1S/C20H20F3N5O2/c21-20(22,23)14-1-4-17(24-11-14)28-7-5-27(6-8-28)12-19(30)25-15-2-3-16-13(9-15)10-18(29)26-16/h1-4,9,11H,5-8,10,12H2,(H,25,30)(H,26,29). The van der Waals surface area contributed by atoms with Crippen LogP contribution in [-0.4, -0.2) is 54.4 Å². The van der Waals surface area contributed by atoms with Gasteiger partial charge >= 0.3 is 6.18 Å². The van der Waals surface area contributed by atoms with E-state index in [1.807, 2.05) is 9.80 Å². The van der Waals surface area contributed by atoms with Crippen molar-refractivity contribution in [3.63, 3.8) is 0 Å². The van der Waals surface area contributed by atoms with E-state index >= 15 is 0 Å². The molecule has 0 bridgehead atoms. The van der Waals surface area contributed by atoms with E-state index in [4.69, 9.17) is 0 Å². The lowest BCUT2D eigenvalue weighted by atomic mass is 10.1. The first-order valence-electron chi connectivity index (χ1n) is 9.51. The summed E-state index contributed by atoms with van der Waals surface area (Å²) >= 11 is 0. The molecule has 2 N–H and O–H groups in total. The van der Waals surface area contributed by atoms with Gasteiger partial charge in [0.2, 0.25) is 11.8 Å². The summed E-state index contributed by atoms with van der Waals surface area (Å²) in [5.74, 6) is 0.274. The molecule has 10 heteroatoms. The molecule has 1 fully saturated rings. The molecule has 4 rings (SSSR count). The van der Waals surface area contributed by atoms with Crippen LogP contribution < -0.4 is 15.5 Å². The molecule has 3 heterocycles. The maximum atomic E-state index is 12.7. The molecule has 0 spiro atoms. The number of anilines is 3. The van der Waals surface area contributed by atoms with Crippen LogP contribution in [0.4, 0.5) is 30.4 Å². The summed E-state index contributed by atoms with van der Waals surface area (Å²) in [5.41, 5.74) is 1.50. The van der Waals surface area contributed by atoms with Crippen LogP contribution in [0.3, 0.4) is 0 Å². The van der Waals surface area contributed by atoms with Gasteiger partial charge in [0, 0.05) is 43.8 Å². The van der Waals surface area contributed by atoms with Crippen LogP contribution >= 0.6 is 0 Å². The highest BCUT2D eigenvalue weighted by atomic mass is 19.4. The van der Waals surface area contributed by atoms with Gasteiger partial charge in [0.15, 0.2) is 0 Å². The fourth-order valence-corrected chi connectivity index (χ4v) is 3.59. The minimum Gasteiger partial charge on any atom is -0.354 e. The van der Waals surface area contributed by atoms with Crippen molar-refractivity contribution in [2.24, 2.45) is 0 Å². The number of benzene rings is 1. The van der Waals surface area contributed by atoms with Gasteiger partial charge in [0.1, 0.15) is 5.82 Å². The topological polar surface area (TPSA) is 77.6 Å². The van der Waals surface area contributed by atoms with Crippen LogP contribution in [0.1, 0.15) is 11.1 Å². The molecule has 2 aliphatic rings. The maximum Gasteiger partial charge on any atom is 0.417 e. The summed E-state index contributed by atoms with van der Waals surface area (Å²) < 4.78 is 38.0. The van der Waals surface area contributed by atoms with Gasteiger partial charge in [-0.2, -0.15) is 13.2 Å². The first-order chi connectivity index (χ1) is 14.3. The van der Waals surface area contributed by atoms with Crippen molar-refractivity contribution in [2.45, 2.75) is 12.6 Å². The van der Waals surface area contributed by atoms with Gasteiger partial charge in [-0.05, 0) is 35.9 Å². The number of pyridine rings is 1. The van der Waals surface area contributed by atoms with Gasteiger partial charge in [-0.1, -0.05) is 0 Å². The van der Waals surface area contributed by atoms with E-state index < -0.39 is 11.7 Å². The number of carbonyl (C=O) groups is 2. The Bertz CT molecular complexity index is 954. The number of halogens is 3. The van der Waals surface area contributed by atoms with Crippen LogP contribution in [0, 0.1) is 0 Å². The summed E-state index contributed by atoms with van der Waals surface area (Å²) in [4.78, 5) is 31.6. The number of hydrogen-bond acceptors (Lipinski definition) is 5. The average Bonchev–Trinajstić information content (AvgIpc) is 3.07. The third-order valence-corrected chi connectivity index (χ3v) is 5.15. The molecule has 0 atom stereocenters. The lowest BCUT2D eigenvalue weighted by Gasteiger charge is -2.35. The monoisotopic (exact) mass is 419 g/mol. The first kappa shape index (κ1) is 20.1. The van der Waals surface area contributed by atoms with Gasteiger partial charge in [-0.15, -0.1) is 0 Å². The van der Waals surface area contributed by atoms with Gasteiger partial charge in [-0.25, -0.2) is 4.98 Å². The number of nitrogens with zero attached hydrogens (tertiary/aromatic N) is 3. The summed E-state index contributed by atoms with van der Waals surface area (Å²) in [6, 6.07) is 7.71. The number of carbonyl (C=O) groups excluding carboxylic acids is 2. The zero-order valence-corrected chi connectivity index (χ0v) is 16.0. The summed E-state index contributed by atoms with van der Waals surface area (Å²) in [7, 11) is 0. The minimum absolute atomic E-state index is 0.0612. The Labute approximate surface area is 170 Å². The second-order valence-corrected chi connectivity index (χ2v) is 7.31.